The van der Waals surface area contributed by atoms with Crippen molar-refractivity contribution in [3.63, 3.8) is 0 Å². The molecule has 0 saturated carbocycles. The Hall–Kier alpha value is 0.0500. The third kappa shape index (κ3) is 6.05. The highest BCUT2D eigenvalue weighted by Gasteiger charge is 1.72. The van der Waals surface area contributed by atoms with E-state index in [1.165, 1.54) is 5.57 Å². The van der Waals surface area contributed by atoms with Gasteiger partial charge in [-0.2, -0.15) is 0 Å². The summed E-state index contributed by atoms with van der Waals surface area (Å²) in [6.07, 6.45) is 0. The Labute approximate surface area is 49.3 Å². The average molecular weight is 117 g/mol. The predicted octanol–water partition coefficient (Wildman–Crippen LogP) is 1.78. The van der Waals surface area contributed by atoms with Gasteiger partial charge in [0.1, 0.15) is 0 Å². The highest BCUT2D eigenvalue weighted by atomic mass is 32.2. The molecule has 0 radical (unpaired) electrons. The van der Waals surface area contributed by atoms with E-state index in [4.69, 9.17) is 0 Å². The van der Waals surface area contributed by atoms with E-state index in [9.17, 15) is 0 Å². The normalized spacial score (nSPS) is 8.43. The lowest BCUT2D eigenvalue weighted by Crippen LogP contribution is -1.86. The van der Waals surface area contributed by atoms with Crippen molar-refractivity contribution in [2.45, 2.75) is 13.8 Å². The SMILES string of the molecule is CNSC=C(C)C. The highest BCUT2D eigenvalue weighted by molar-refractivity contribution is 8.00. The lowest BCUT2D eigenvalue weighted by Gasteiger charge is -1.87. The molecule has 0 fully saturated rings. The molecule has 0 atom stereocenters. The van der Waals surface area contributed by atoms with Gasteiger partial charge in [0.15, 0.2) is 0 Å². The van der Waals surface area contributed by atoms with Crippen molar-refractivity contribution in [2.24, 2.45) is 0 Å². The minimum absolute atomic E-state index is 1.33. The predicted molar refractivity (Wildman–Crippen MR) is 36.1 cm³/mol. The van der Waals surface area contributed by atoms with Crippen LogP contribution in [-0.2, 0) is 0 Å². The van der Waals surface area contributed by atoms with Gasteiger partial charge in [0.25, 0.3) is 0 Å². The maximum Gasteiger partial charge on any atom is -0.00533 e. The second kappa shape index (κ2) is 4.22. The minimum Gasteiger partial charge on any atom is -0.264 e. The Bertz CT molecular complexity index is 64.5. The fourth-order valence-corrected chi connectivity index (χ4v) is 0.530. The fraction of sp³-hybridized carbons (Fsp3) is 0.600. The summed E-state index contributed by atoms with van der Waals surface area (Å²) in [7, 11) is 1.91. The van der Waals surface area contributed by atoms with Gasteiger partial charge in [0.2, 0.25) is 0 Å². The molecule has 0 amide bonds. The second-order valence-corrected chi connectivity index (χ2v) is 2.40. The van der Waals surface area contributed by atoms with Gasteiger partial charge in [-0.1, -0.05) is 17.5 Å². The zero-order valence-corrected chi connectivity index (χ0v) is 5.80. The monoisotopic (exact) mass is 117 g/mol. The van der Waals surface area contributed by atoms with Crippen molar-refractivity contribution >= 4 is 11.9 Å². The lowest BCUT2D eigenvalue weighted by molar-refractivity contribution is 1.30. The summed E-state index contributed by atoms with van der Waals surface area (Å²) in [6.45, 7) is 4.15. The van der Waals surface area contributed by atoms with Crippen LogP contribution in [-0.4, -0.2) is 7.05 Å². The molecular formula is C5H11NS. The summed E-state index contributed by atoms with van der Waals surface area (Å²) >= 11 is 1.60. The van der Waals surface area contributed by atoms with Gasteiger partial charge in [0, 0.05) is 0 Å². The third-order valence-corrected chi connectivity index (χ3v) is 1.24. The summed E-state index contributed by atoms with van der Waals surface area (Å²) in [4.78, 5) is 0. The van der Waals surface area contributed by atoms with Gasteiger partial charge in [-0.05, 0) is 26.3 Å². The molecule has 0 bridgehead atoms. The maximum atomic E-state index is 2.94. The standard InChI is InChI=1S/C5H11NS/c1-5(2)4-7-6-3/h4,6H,1-3H3. The molecular weight excluding hydrogens is 106 g/mol. The van der Waals surface area contributed by atoms with Gasteiger partial charge in [-0.15, -0.1) is 0 Å². The average Bonchev–Trinajstić information content (AvgIpc) is 1.61. The van der Waals surface area contributed by atoms with Gasteiger partial charge < -0.3 is 0 Å². The first kappa shape index (κ1) is 7.05. The van der Waals surface area contributed by atoms with Crippen molar-refractivity contribution in [3.8, 4) is 0 Å². The first-order valence-electron chi connectivity index (χ1n) is 2.23. The fourth-order valence-electron chi connectivity index (χ4n) is 0.177. The summed E-state index contributed by atoms with van der Waals surface area (Å²) in [5.74, 6) is 0. The first-order chi connectivity index (χ1) is 3.27. The molecule has 0 rings (SSSR count). The zero-order valence-electron chi connectivity index (χ0n) is 4.99. The van der Waals surface area contributed by atoms with E-state index in [0.717, 1.165) is 0 Å². The van der Waals surface area contributed by atoms with Crippen LogP contribution in [0.1, 0.15) is 13.8 Å². The molecule has 0 aromatic heterocycles. The number of rotatable bonds is 2. The van der Waals surface area contributed by atoms with Gasteiger partial charge in [0.05, 0.1) is 0 Å². The van der Waals surface area contributed by atoms with Crippen LogP contribution in [0.15, 0.2) is 11.0 Å². The van der Waals surface area contributed by atoms with Crippen LogP contribution in [0.4, 0.5) is 0 Å². The molecule has 0 aliphatic rings. The largest absolute Gasteiger partial charge is 0.264 e. The van der Waals surface area contributed by atoms with E-state index in [2.05, 4.69) is 24.0 Å². The highest BCUT2D eigenvalue weighted by Crippen LogP contribution is 1.98. The van der Waals surface area contributed by atoms with Crippen LogP contribution < -0.4 is 4.72 Å². The minimum atomic E-state index is 1.33. The molecule has 1 N–H and O–H groups in total. The van der Waals surface area contributed by atoms with Crippen LogP contribution in [0.2, 0.25) is 0 Å². The van der Waals surface area contributed by atoms with E-state index in [1.54, 1.807) is 11.9 Å². The second-order valence-electron chi connectivity index (χ2n) is 1.52. The van der Waals surface area contributed by atoms with E-state index >= 15 is 0 Å². The molecule has 42 valence electrons. The van der Waals surface area contributed by atoms with E-state index in [0.29, 0.717) is 0 Å². The van der Waals surface area contributed by atoms with Crippen LogP contribution >= 0.6 is 11.9 Å². The molecule has 0 spiro atoms. The van der Waals surface area contributed by atoms with Crippen LogP contribution in [0.25, 0.3) is 0 Å². The maximum absolute atomic E-state index is 2.94. The van der Waals surface area contributed by atoms with Crippen LogP contribution in [0.5, 0.6) is 0 Å². The summed E-state index contributed by atoms with van der Waals surface area (Å²) in [6, 6.07) is 0. The van der Waals surface area contributed by atoms with E-state index in [1.807, 2.05) is 7.05 Å². The Balaban J connectivity index is 3.08. The summed E-state index contributed by atoms with van der Waals surface area (Å²) < 4.78 is 2.94. The summed E-state index contributed by atoms with van der Waals surface area (Å²) in [5, 5.41) is 2.07. The van der Waals surface area contributed by atoms with Crippen molar-refractivity contribution < 1.29 is 0 Å². The number of hydrogen-bond donors (Lipinski definition) is 1. The molecule has 1 nitrogen and oxygen atoms in total. The van der Waals surface area contributed by atoms with Crippen molar-refractivity contribution in [3.05, 3.63) is 11.0 Å². The Kier molecular flexibility index (Phi) is 4.25. The van der Waals surface area contributed by atoms with Gasteiger partial charge in [-0.3, -0.25) is 4.72 Å². The van der Waals surface area contributed by atoms with Crippen molar-refractivity contribution in [2.75, 3.05) is 7.05 Å². The van der Waals surface area contributed by atoms with Gasteiger partial charge >= 0.3 is 0 Å². The molecule has 0 unspecified atom stereocenters. The number of nitrogens with one attached hydrogen (secondary N) is 1. The number of hydrogen-bond acceptors (Lipinski definition) is 2. The quantitative estimate of drug-likeness (QED) is 0.553. The number of allylic oxidation sites excluding steroid dienone is 1. The van der Waals surface area contributed by atoms with Crippen molar-refractivity contribution in [1.82, 2.24) is 4.72 Å². The molecule has 0 aromatic carbocycles. The summed E-state index contributed by atoms with van der Waals surface area (Å²) in [5.41, 5.74) is 1.33. The molecule has 7 heavy (non-hydrogen) atoms. The topological polar surface area (TPSA) is 12.0 Å². The van der Waals surface area contributed by atoms with Crippen molar-refractivity contribution in [1.29, 1.82) is 0 Å². The molecule has 0 aromatic rings. The molecule has 0 aliphatic carbocycles. The Morgan fingerprint density at radius 1 is 1.57 bits per heavy atom. The van der Waals surface area contributed by atoms with Gasteiger partial charge in [-0.25, -0.2) is 0 Å². The third-order valence-electron chi connectivity index (χ3n) is 0.412. The Morgan fingerprint density at radius 3 is 2.29 bits per heavy atom. The van der Waals surface area contributed by atoms with Crippen LogP contribution in [0.3, 0.4) is 0 Å². The smallest absolute Gasteiger partial charge is 0.00533 e. The zero-order chi connectivity index (χ0) is 5.70. The molecule has 0 aliphatic heterocycles. The first-order valence-corrected chi connectivity index (χ1v) is 3.11. The Morgan fingerprint density at radius 2 is 2.14 bits per heavy atom. The lowest BCUT2D eigenvalue weighted by atomic mass is 10.4. The molecule has 2 heteroatoms. The van der Waals surface area contributed by atoms with E-state index < -0.39 is 0 Å². The van der Waals surface area contributed by atoms with Crippen LogP contribution in [0, 0.1) is 0 Å². The molecule has 0 saturated heterocycles. The van der Waals surface area contributed by atoms with E-state index in [-0.39, 0.29) is 0 Å². The molecule has 0 heterocycles.